The van der Waals surface area contributed by atoms with E-state index in [1.54, 1.807) is 0 Å². The molecule has 0 saturated heterocycles. The van der Waals surface area contributed by atoms with E-state index in [1.807, 2.05) is 17.4 Å². The molecule has 0 bridgehead atoms. The van der Waals surface area contributed by atoms with E-state index in [0.717, 1.165) is 11.2 Å². The molecule has 13 rings (SSSR count). The number of hydrogen-bond donors (Lipinski definition) is 0. The van der Waals surface area contributed by atoms with Gasteiger partial charge in [-0.2, -0.15) is 0 Å². The zero-order valence-corrected chi connectivity index (χ0v) is 32.1. The minimum atomic E-state index is 0.941. The molecule has 2 aromatic heterocycles. The molecule has 0 unspecified atom stereocenters. The van der Waals surface area contributed by atoms with Crippen LogP contribution in [0.3, 0.4) is 0 Å². The molecule has 2 heteroatoms. The van der Waals surface area contributed by atoms with E-state index < -0.39 is 0 Å². The van der Waals surface area contributed by atoms with Crippen LogP contribution in [-0.2, 0) is 0 Å². The number of furan rings is 1. The Balaban J connectivity index is 0.907. The van der Waals surface area contributed by atoms with Crippen LogP contribution in [0.5, 0.6) is 0 Å². The topological polar surface area (TPSA) is 13.1 Å². The Hall–Kier alpha value is -7.26. The second-order valence-electron chi connectivity index (χ2n) is 15.6. The third-order valence-corrected chi connectivity index (χ3v) is 13.6. The largest absolute Gasteiger partial charge is 0.456 e. The fraction of sp³-hybridized carbons (Fsp3) is 0. The first kappa shape index (κ1) is 31.9. The summed E-state index contributed by atoms with van der Waals surface area (Å²) in [5.41, 5.74) is 9.39. The predicted molar refractivity (Wildman–Crippen MR) is 250 cm³/mol. The monoisotopic (exact) mass is 752 g/mol. The molecule has 1 nitrogen and oxygen atoms in total. The van der Waals surface area contributed by atoms with Crippen molar-refractivity contribution in [3.05, 3.63) is 194 Å². The predicted octanol–water partition coefficient (Wildman–Crippen LogP) is 16.7. The van der Waals surface area contributed by atoms with Crippen molar-refractivity contribution in [2.45, 2.75) is 0 Å². The van der Waals surface area contributed by atoms with Gasteiger partial charge in [-0.1, -0.05) is 152 Å². The zero-order chi connectivity index (χ0) is 37.9. The number of rotatable bonds is 3. The summed E-state index contributed by atoms with van der Waals surface area (Å²) in [5, 5.41) is 17.6. The fourth-order valence-electron chi connectivity index (χ4n) is 9.64. The van der Waals surface area contributed by atoms with Gasteiger partial charge in [-0.25, -0.2) is 0 Å². The van der Waals surface area contributed by atoms with Crippen LogP contribution in [0.1, 0.15) is 0 Å². The quantitative estimate of drug-likeness (QED) is 0.164. The molecular formula is C56H32OS. The first-order chi connectivity index (χ1) is 28.7. The van der Waals surface area contributed by atoms with Gasteiger partial charge in [0.25, 0.3) is 0 Å². The van der Waals surface area contributed by atoms with Gasteiger partial charge in [0.2, 0.25) is 0 Å². The van der Waals surface area contributed by atoms with Gasteiger partial charge in [0.1, 0.15) is 11.2 Å². The second kappa shape index (κ2) is 12.1. The van der Waals surface area contributed by atoms with Gasteiger partial charge >= 0.3 is 0 Å². The van der Waals surface area contributed by atoms with Gasteiger partial charge in [-0.15, -0.1) is 11.3 Å². The smallest absolute Gasteiger partial charge is 0.136 e. The molecule has 0 aliphatic heterocycles. The van der Waals surface area contributed by atoms with E-state index in [0.29, 0.717) is 0 Å². The summed E-state index contributed by atoms with van der Waals surface area (Å²) >= 11 is 1.86. The zero-order valence-electron chi connectivity index (χ0n) is 31.3. The molecule has 11 aromatic carbocycles. The van der Waals surface area contributed by atoms with Crippen molar-refractivity contribution in [1.82, 2.24) is 0 Å². The van der Waals surface area contributed by atoms with Gasteiger partial charge in [0, 0.05) is 30.9 Å². The minimum Gasteiger partial charge on any atom is -0.456 e. The fourth-order valence-corrected chi connectivity index (χ4v) is 10.9. The Morgan fingerprint density at radius 2 is 0.759 bits per heavy atom. The first-order valence-corrected chi connectivity index (χ1v) is 20.7. The number of para-hydroxylation sites is 1. The van der Waals surface area contributed by atoms with Gasteiger partial charge in [-0.3, -0.25) is 0 Å². The van der Waals surface area contributed by atoms with Crippen LogP contribution in [0.4, 0.5) is 0 Å². The van der Waals surface area contributed by atoms with Crippen molar-refractivity contribution in [2.75, 3.05) is 0 Å². The first-order valence-electron chi connectivity index (χ1n) is 19.9. The molecule has 2 heterocycles. The van der Waals surface area contributed by atoms with Crippen molar-refractivity contribution in [1.29, 1.82) is 0 Å². The average molecular weight is 753 g/mol. The van der Waals surface area contributed by atoms with Gasteiger partial charge in [0.15, 0.2) is 0 Å². The highest BCUT2D eigenvalue weighted by Crippen LogP contribution is 2.46. The van der Waals surface area contributed by atoms with Crippen LogP contribution in [0.2, 0.25) is 0 Å². The molecule has 58 heavy (non-hydrogen) atoms. The number of thiophene rings is 1. The highest BCUT2D eigenvalue weighted by Gasteiger charge is 2.18. The highest BCUT2D eigenvalue weighted by atomic mass is 32.1. The molecule has 13 aromatic rings. The number of hydrogen-bond acceptors (Lipinski definition) is 2. The molecule has 0 saturated carbocycles. The van der Waals surface area contributed by atoms with Gasteiger partial charge in [0.05, 0.1) is 0 Å². The van der Waals surface area contributed by atoms with E-state index >= 15 is 0 Å². The highest BCUT2D eigenvalue weighted by molar-refractivity contribution is 7.26. The Bertz CT molecular complexity index is 3810. The molecule has 0 fully saturated rings. The molecule has 0 amide bonds. The molecule has 268 valence electrons. The number of fused-ring (bicyclic) bond motifs is 12. The van der Waals surface area contributed by atoms with Crippen LogP contribution < -0.4 is 0 Å². The summed E-state index contributed by atoms with van der Waals surface area (Å²) in [6.07, 6.45) is 0. The SMILES string of the molecule is c1ccc2cc(-c3c4ccccc4c(-c4ccc5cc(-c6ccc7c(ccc8c9cc%10c(cc9sc78)oc7ccccc7%10)c6)ccc5c4)c4ccccc34)ccc2c1. The Morgan fingerprint density at radius 1 is 0.276 bits per heavy atom. The lowest BCUT2D eigenvalue weighted by Crippen LogP contribution is -1.91. The lowest BCUT2D eigenvalue weighted by Gasteiger charge is -2.18. The summed E-state index contributed by atoms with van der Waals surface area (Å²) in [4.78, 5) is 0. The van der Waals surface area contributed by atoms with Crippen molar-refractivity contribution >= 4 is 107 Å². The average Bonchev–Trinajstić information content (AvgIpc) is 3.84. The summed E-state index contributed by atoms with van der Waals surface area (Å²) in [6.45, 7) is 0. The van der Waals surface area contributed by atoms with Crippen molar-refractivity contribution in [3.8, 4) is 33.4 Å². The van der Waals surface area contributed by atoms with Crippen LogP contribution in [0, 0.1) is 0 Å². The second-order valence-corrected chi connectivity index (χ2v) is 16.7. The van der Waals surface area contributed by atoms with Crippen molar-refractivity contribution in [3.63, 3.8) is 0 Å². The maximum atomic E-state index is 6.24. The molecule has 0 aliphatic rings. The van der Waals surface area contributed by atoms with E-state index in [9.17, 15) is 0 Å². The Labute approximate surface area is 337 Å². The molecule has 0 spiro atoms. The molecular weight excluding hydrogens is 721 g/mol. The summed E-state index contributed by atoms with van der Waals surface area (Å²) < 4.78 is 8.82. The third kappa shape index (κ3) is 4.70. The summed E-state index contributed by atoms with van der Waals surface area (Å²) in [6, 6.07) is 71.7. The third-order valence-electron chi connectivity index (χ3n) is 12.4. The van der Waals surface area contributed by atoms with Crippen molar-refractivity contribution < 1.29 is 4.42 Å². The lowest BCUT2D eigenvalue weighted by molar-refractivity contribution is 0.669. The van der Waals surface area contributed by atoms with Crippen LogP contribution >= 0.6 is 11.3 Å². The van der Waals surface area contributed by atoms with E-state index in [4.69, 9.17) is 4.42 Å². The van der Waals surface area contributed by atoms with E-state index in [1.165, 1.54) is 118 Å². The Kier molecular flexibility index (Phi) is 6.66. The molecule has 0 N–H and O–H groups in total. The standard InChI is InChI=1S/C56H32OS/c1-2-10-34-29-40(21-17-33(34)9-1)54-44-12-3-5-14-46(44)55(47-15-6-4-13-45(47)54)41-22-20-36-27-35(18-19-37(36)30-41)38-23-25-42-39(28-38)24-26-48-50-31-49-43-11-7-8-16-51(43)57-52(49)32-53(50)58-56(42)48/h1-32H. The normalized spacial score (nSPS) is 12.1. The maximum Gasteiger partial charge on any atom is 0.136 e. The lowest BCUT2D eigenvalue weighted by atomic mass is 9.85. The molecule has 0 atom stereocenters. The van der Waals surface area contributed by atoms with Crippen LogP contribution in [-0.4, -0.2) is 0 Å². The number of benzene rings is 11. The summed E-state index contributed by atoms with van der Waals surface area (Å²) in [5.74, 6) is 0. The maximum absolute atomic E-state index is 6.24. The summed E-state index contributed by atoms with van der Waals surface area (Å²) in [7, 11) is 0. The Morgan fingerprint density at radius 3 is 1.45 bits per heavy atom. The van der Waals surface area contributed by atoms with E-state index in [-0.39, 0.29) is 0 Å². The van der Waals surface area contributed by atoms with Crippen molar-refractivity contribution in [2.24, 2.45) is 0 Å². The van der Waals surface area contributed by atoms with Gasteiger partial charge < -0.3 is 4.42 Å². The van der Waals surface area contributed by atoms with Crippen LogP contribution in [0.25, 0.3) is 129 Å². The molecule has 0 radical (unpaired) electrons. The minimum absolute atomic E-state index is 0.941. The molecule has 0 aliphatic carbocycles. The van der Waals surface area contributed by atoms with Gasteiger partial charge in [-0.05, 0) is 130 Å². The van der Waals surface area contributed by atoms with E-state index in [2.05, 4.69) is 188 Å². The van der Waals surface area contributed by atoms with Crippen LogP contribution in [0.15, 0.2) is 199 Å².